The highest BCUT2D eigenvalue weighted by molar-refractivity contribution is 8.13. The Morgan fingerprint density at radius 3 is 1.73 bits per heavy atom. The molecule has 0 bridgehead atoms. The standard InChI is InChI=1S/C25H26Cl2N6O5S.C13H6Cl3NO3S/c1-25(2,3)38-24(34)31-6-7-33(20(13-31)14-32-16-29-15-30-32)39(35,36)23-8-17(12-28)4-5-22(23)37-21-10-18(26)9-19(27)11-21;14-9-4-10(15)6-11(5-9)20-12-2-1-8(7-17)3-13(12)21(16,18)19/h4-5,8-11,15-16,20H,6-7,13-14H2,1-3H3;1-6H. The SMILES string of the molecule is CC(C)(C)OC(=O)N1CCN(S(=O)(=O)c2cc(C#N)ccc2Oc2cc(Cl)cc(Cl)c2)C(Cn2cncn2)C1.N#Cc1ccc(Oc2cc(Cl)cc(Cl)c2)c(S(=O)(=O)Cl)c1. The Morgan fingerprint density at radius 2 is 1.28 bits per heavy atom. The molecule has 0 spiro atoms. The maximum Gasteiger partial charge on any atom is 0.410 e. The lowest BCUT2D eigenvalue weighted by Gasteiger charge is -2.40. The minimum absolute atomic E-state index is 0.0126. The van der Waals surface area contributed by atoms with Crippen LogP contribution in [0.4, 0.5) is 4.79 Å². The monoisotopic (exact) mass is 953 g/mol. The Morgan fingerprint density at radius 1 is 0.783 bits per heavy atom. The van der Waals surface area contributed by atoms with Crippen LogP contribution in [0.5, 0.6) is 23.0 Å². The number of piperazine rings is 1. The van der Waals surface area contributed by atoms with Crippen LogP contribution in [0.1, 0.15) is 31.9 Å². The Labute approximate surface area is 370 Å². The number of sulfonamides is 1. The van der Waals surface area contributed by atoms with Crippen LogP contribution >= 0.6 is 57.1 Å². The normalized spacial score (nSPS) is 14.6. The van der Waals surface area contributed by atoms with E-state index in [-0.39, 0.29) is 70.1 Å². The van der Waals surface area contributed by atoms with E-state index in [2.05, 4.69) is 10.1 Å². The summed E-state index contributed by atoms with van der Waals surface area (Å²) in [4.78, 5) is 17.7. The summed E-state index contributed by atoms with van der Waals surface area (Å²) in [5, 5.41) is 23.7. The van der Waals surface area contributed by atoms with Crippen molar-refractivity contribution in [1.29, 1.82) is 10.5 Å². The summed E-state index contributed by atoms with van der Waals surface area (Å²) >= 11 is 23.9. The van der Waals surface area contributed by atoms with Crippen molar-refractivity contribution in [2.75, 3.05) is 19.6 Å². The molecule has 0 aliphatic carbocycles. The molecule has 15 nitrogen and oxygen atoms in total. The third-order valence-corrected chi connectivity index (χ3v) is 12.3. The van der Waals surface area contributed by atoms with Crippen LogP contribution in [0.25, 0.3) is 0 Å². The highest BCUT2D eigenvalue weighted by atomic mass is 35.7. The van der Waals surface area contributed by atoms with Gasteiger partial charge in [-0.1, -0.05) is 46.4 Å². The van der Waals surface area contributed by atoms with Crippen LogP contribution in [0.15, 0.2) is 95.2 Å². The number of hydrogen-bond donors (Lipinski definition) is 0. The number of aromatic nitrogens is 3. The number of rotatable bonds is 9. The lowest BCUT2D eigenvalue weighted by atomic mass is 10.2. The summed E-state index contributed by atoms with van der Waals surface area (Å²) in [6.07, 6.45) is 2.26. The van der Waals surface area contributed by atoms with E-state index in [1.165, 1.54) is 93.3 Å². The van der Waals surface area contributed by atoms with E-state index in [9.17, 15) is 26.9 Å². The van der Waals surface area contributed by atoms with Crippen LogP contribution in [-0.4, -0.2) is 78.2 Å². The van der Waals surface area contributed by atoms with Gasteiger partial charge in [-0.15, -0.1) is 0 Å². The second kappa shape index (κ2) is 19.3. The number of ether oxygens (including phenoxy) is 3. The van der Waals surface area contributed by atoms with E-state index in [1.807, 2.05) is 12.1 Å². The zero-order valence-corrected chi connectivity index (χ0v) is 37.0. The van der Waals surface area contributed by atoms with Gasteiger partial charge in [0, 0.05) is 50.4 Å². The molecule has 22 heteroatoms. The first-order valence-electron chi connectivity index (χ1n) is 17.3. The number of nitrogens with zero attached hydrogens (tertiary/aromatic N) is 7. The van der Waals surface area contributed by atoms with E-state index in [0.29, 0.717) is 20.1 Å². The predicted octanol–water partition coefficient (Wildman–Crippen LogP) is 9.14. The molecule has 0 saturated carbocycles. The first-order valence-corrected chi connectivity index (χ1v) is 22.5. The van der Waals surface area contributed by atoms with Crippen molar-refractivity contribution < 1.29 is 35.8 Å². The first kappa shape index (κ1) is 46.2. The zero-order valence-electron chi connectivity index (χ0n) is 31.6. The predicted molar refractivity (Wildman–Crippen MR) is 224 cm³/mol. The van der Waals surface area contributed by atoms with E-state index in [1.54, 1.807) is 20.8 Å². The molecular formula is C38H32Cl5N7O8S2. The van der Waals surface area contributed by atoms with E-state index < -0.39 is 36.8 Å². The largest absolute Gasteiger partial charge is 0.456 e. The van der Waals surface area contributed by atoms with Crippen LogP contribution in [0.2, 0.25) is 20.1 Å². The maximum atomic E-state index is 14.1. The van der Waals surface area contributed by atoms with Crippen LogP contribution in [0.3, 0.4) is 0 Å². The van der Waals surface area contributed by atoms with Gasteiger partial charge in [-0.25, -0.2) is 26.6 Å². The van der Waals surface area contributed by atoms with Gasteiger partial charge in [0.05, 0.1) is 35.9 Å². The lowest BCUT2D eigenvalue weighted by Crippen LogP contribution is -2.58. The van der Waals surface area contributed by atoms with Crippen molar-refractivity contribution in [2.45, 2.75) is 48.7 Å². The molecule has 60 heavy (non-hydrogen) atoms. The second-order valence-electron chi connectivity index (χ2n) is 13.7. The Hall–Kier alpha value is -4.82. The fourth-order valence-electron chi connectivity index (χ4n) is 5.61. The number of amides is 1. The number of nitriles is 2. The summed E-state index contributed by atoms with van der Waals surface area (Å²) in [5.41, 5.74) is -0.439. The molecule has 1 aromatic heterocycles. The molecule has 314 valence electrons. The third-order valence-electron chi connectivity index (χ3n) is 8.07. The quantitative estimate of drug-likeness (QED) is 0.127. The van der Waals surface area contributed by atoms with Crippen LogP contribution in [0, 0.1) is 22.7 Å². The molecule has 6 rings (SSSR count). The zero-order chi connectivity index (χ0) is 44.0. The summed E-state index contributed by atoms with van der Waals surface area (Å²) in [6.45, 7) is 5.52. The van der Waals surface area contributed by atoms with Gasteiger partial charge in [0.25, 0.3) is 9.05 Å². The van der Waals surface area contributed by atoms with Crippen molar-refractivity contribution >= 4 is 82.3 Å². The van der Waals surface area contributed by atoms with Crippen LogP contribution in [-0.2, 0) is 30.4 Å². The van der Waals surface area contributed by atoms with Crippen molar-refractivity contribution in [3.8, 4) is 35.1 Å². The Balaban J connectivity index is 0.000000274. The number of carbonyl (C=O) groups excluding carboxylic acids is 1. The van der Waals surface area contributed by atoms with Crippen molar-refractivity contribution in [1.82, 2.24) is 24.0 Å². The van der Waals surface area contributed by atoms with Gasteiger partial charge in [0.2, 0.25) is 10.0 Å². The fraction of sp³-hybridized carbons (Fsp3) is 0.237. The third kappa shape index (κ3) is 12.4. The fourth-order valence-corrected chi connectivity index (χ4v) is 9.34. The molecule has 2 heterocycles. The molecule has 1 atom stereocenters. The van der Waals surface area contributed by atoms with Gasteiger partial charge in [0.15, 0.2) is 0 Å². The number of hydrogen-bond acceptors (Lipinski definition) is 12. The average molecular weight is 956 g/mol. The Kier molecular flexibility index (Phi) is 14.9. The van der Waals surface area contributed by atoms with Crippen molar-refractivity contribution in [2.24, 2.45) is 0 Å². The topological polar surface area (TPSA) is 198 Å². The summed E-state index contributed by atoms with van der Waals surface area (Å²) < 4.78 is 71.1. The van der Waals surface area contributed by atoms with Gasteiger partial charge in [-0.3, -0.25) is 4.68 Å². The number of benzene rings is 4. The molecule has 1 aliphatic rings. The minimum atomic E-state index is -4.25. The highest BCUT2D eigenvalue weighted by Gasteiger charge is 2.40. The molecule has 1 unspecified atom stereocenters. The molecule has 1 saturated heterocycles. The molecule has 0 radical (unpaired) electrons. The second-order valence-corrected chi connectivity index (χ2v) is 19.9. The average Bonchev–Trinajstić information content (AvgIpc) is 3.66. The lowest BCUT2D eigenvalue weighted by molar-refractivity contribution is 0.0118. The minimum Gasteiger partial charge on any atom is -0.456 e. The maximum absolute atomic E-state index is 14.1. The molecule has 0 N–H and O–H groups in total. The van der Waals surface area contributed by atoms with E-state index in [0.717, 1.165) is 6.07 Å². The van der Waals surface area contributed by atoms with E-state index in [4.69, 9.17) is 76.6 Å². The van der Waals surface area contributed by atoms with Gasteiger partial charge < -0.3 is 19.1 Å². The summed E-state index contributed by atoms with van der Waals surface area (Å²) in [7, 11) is -2.98. The Bertz CT molecular complexity index is 2660. The van der Waals surface area contributed by atoms with Gasteiger partial charge >= 0.3 is 6.09 Å². The van der Waals surface area contributed by atoms with Crippen LogP contribution < -0.4 is 9.47 Å². The summed E-state index contributed by atoms with van der Waals surface area (Å²) in [5.74, 6) is 0.435. The van der Waals surface area contributed by atoms with Gasteiger partial charge in [0.1, 0.15) is 51.0 Å². The number of halogens is 5. The molecule has 1 aliphatic heterocycles. The van der Waals surface area contributed by atoms with E-state index >= 15 is 0 Å². The van der Waals surface area contributed by atoms with Crippen molar-refractivity contribution in [3.05, 3.63) is 117 Å². The molecule has 5 aromatic rings. The molecule has 4 aromatic carbocycles. The van der Waals surface area contributed by atoms with Crippen molar-refractivity contribution in [3.63, 3.8) is 0 Å². The highest BCUT2D eigenvalue weighted by Crippen LogP contribution is 2.37. The van der Waals surface area contributed by atoms with Gasteiger partial charge in [-0.05, 0) is 93.6 Å². The smallest absolute Gasteiger partial charge is 0.410 e. The molecule has 1 fully saturated rings. The first-order chi connectivity index (χ1) is 28.1. The molecular weight excluding hydrogens is 924 g/mol. The molecule has 1 amide bonds. The number of carbonyl (C=O) groups is 1. The van der Waals surface area contributed by atoms with Gasteiger partial charge in [-0.2, -0.15) is 19.9 Å². The summed E-state index contributed by atoms with van der Waals surface area (Å²) in [6, 6.07) is 20.0.